The lowest BCUT2D eigenvalue weighted by Gasteiger charge is -2.32. The van der Waals surface area contributed by atoms with E-state index in [4.69, 9.17) is 4.74 Å². The maximum atomic E-state index is 12.5. The molecule has 1 fully saturated rings. The van der Waals surface area contributed by atoms with Crippen molar-refractivity contribution in [2.24, 2.45) is 13.0 Å². The second kappa shape index (κ2) is 9.35. The lowest BCUT2D eigenvalue weighted by Crippen LogP contribution is -2.38. The Morgan fingerprint density at radius 3 is 2.57 bits per heavy atom. The molecule has 5 heteroatoms. The molecule has 0 unspecified atom stereocenters. The highest BCUT2D eigenvalue weighted by Gasteiger charge is 2.20. The number of para-hydroxylation sites is 1. The Labute approximate surface area is 178 Å². The topological polar surface area (TPSA) is 46.5 Å². The number of ether oxygens (including phenoxy) is 1. The molecule has 0 atom stereocenters. The van der Waals surface area contributed by atoms with E-state index in [1.165, 1.54) is 16.5 Å². The number of carbonyl (C=O) groups is 1. The Balaban J connectivity index is 1.22. The van der Waals surface area contributed by atoms with Gasteiger partial charge in [-0.1, -0.05) is 30.3 Å². The van der Waals surface area contributed by atoms with Crippen molar-refractivity contribution < 1.29 is 9.53 Å². The molecule has 0 saturated carbocycles. The van der Waals surface area contributed by atoms with Crippen LogP contribution in [0.1, 0.15) is 24.0 Å². The summed E-state index contributed by atoms with van der Waals surface area (Å²) in [4.78, 5) is 15.0. The number of rotatable bonds is 7. The maximum Gasteiger partial charge on any atom is 0.224 e. The van der Waals surface area contributed by atoms with Gasteiger partial charge >= 0.3 is 0 Å². The van der Waals surface area contributed by atoms with Crippen molar-refractivity contribution in [3.8, 4) is 5.75 Å². The van der Waals surface area contributed by atoms with Crippen LogP contribution in [-0.2, 0) is 24.8 Å². The second-order valence-corrected chi connectivity index (χ2v) is 8.33. The lowest BCUT2D eigenvalue weighted by molar-refractivity contribution is -0.120. The first-order valence-electron chi connectivity index (χ1n) is 10.8. The van der Waals surface area contributed by atoms with E-state index in [0.29, 0.717) is 12.3 Å². The summed E-state index contributed by atoms with van der Waals surface area (Å²) < 4.78 is 7.32. The van der Waals surface area contributed by atoms with Crippen LogP contribution >= 0.6 is 0 Å². The Morgan fingerprint density at radius 2 is 1.83 bits per heavy atom. The lowest BCUT2D eigenvalue weighted by atomic mass is 9.96. The van der Waals surface area contributed by atoms with Crippen molar-refractivity contribution in [3.63, 3.8) is 0 Å². The van der Waals surface area contributed by atoms with Crippen molar-refractivity contribution in [2.75, 3.05) is 26.7 Å². The van der Waals surface area contributed by atoms with Crippen LogP contribution in [0.3, 0.4) is 0 Å². The van der Waals surface area contributed by atoms with Gasteiger partial charge in [0.15, 0.2) is 0 Å². The van der Waals surface area contributed by atoms with Gasteiger partial charge in [-0.15, -0.1) is 0 Å². The van der Waals surface area contributed by atoms with Crippen LogP contribution in [0.2, 0.25) is 0 Å². The summed E-state index contributed by atoms with van der Waals surface area (Å²) in [5, 5.41) is 4.34. The summed E-state index contributed by atoms with van der Waals surface area (Å²) in [6, 6.07) is 16.6. The molecular formula is C25H31N3O2. The number of amides is 1. The van der Waals surface area contributed by atoms with Crippen molar-refractivity contribution >= 4 is 16.8 Å². The van der Waals surface area contributed by atoms with Crippen LogP contribution in [0.25, 0.3) is 10.9 Å². The zero-order valence-electron chi connectivity index (χ0n) is 17.9. The van der Waals surface area contributed by atoms with E-state index >= 15 is 0 Å². The number of carbonyl (C=O) groups excluding carboxylic acids is 1. The first-order valence-corrected chi connectivity index (χ1v) is 10.8. The van der Waals surface area contributed by atoms with Crippen LogP contribution in [0.15, 0.2) is 54.7 Å². The molecule has 0 radical (unpaired) electrons. The van der Waals surface area contributed by atoms with Crippen LogP contribution in [-0.4, -0.2) is 42.1 Å². The average Bonchev–Trinajstić information content (AvgIpc) is 3.09. The van der Waals surface area contributed by atoms with E-state index < -0.39 is 0 Å². The van der Waals surface area contributed by atoms with E-state index in [1.54, 1.807) is 7.11 Å². The molecule has 158 valence electrons. The van der Waals surface area contributed by atoms with Gasteiger partial charge in [-0.2, -0.15) is 0 Å². The van der Waals surface area contributed by atoms with Gasteiger partial charge in [-0.05, 0) is 61.2 Å². The molecule has 30 heavy (non-hydrogen) atoms. The first-order chi connectivity index (χ1) is 14.6. The number of fused-ring (bicyclic) bond motifs is 1. The highest BCUT2D eigenvalue weighted by molar-refractivity contribution is 5.89. The number of hydrogen-bond acceptors (Lipinski definition) is 3. The summed E-state index contributed by atoms with van der Waals surface area (Å²) in [5.74, 6) is 1.58. The SMILES string of the molecule is COc1ccc(CN2CCC(CNC(=O)Cc3cn(C)c4ccccc34)CC2)cc1. The second-order valence-electron chi connectivity index (χ2n) is 8.33. The van der Waals surface area contributed by atoms with E-state index in [2.05, 4.69) is 45.2 Å². The first kappa shape index (κ1) is 20.5. The minimum atomic E-state index is 0.118. The molecule has 2 heterocycles. The predicted molar refractivity (Wildman–Crippen MR) is 121 cm³/mol. The Bertz CT molecular complexity index is 985. The molecule has 0 spiro atoms. The molecule has 5 nitrogen and oxygen atoms in total. The van der Waals surface area contributed by atoms with Gasteiger partial charge in [0.25, 0.3) is 0 Å². The molecule has 1 saturated heterocycles. The fourth-order valence-electron chi connectivity index (χ4n) is 4.40. The van der Waals surface area contributed by atoms with Gasteiger partial charge < -0.3 is 14.6 Å². The smallest absolute Gasteiger partial charge is 0.224 e. The summed E-state index contributed by atoms with van der Waals surface area (Å²) in [7, 11) is 3.73. The third-order valence-electron chi connectivity index (χ3n) is 6.19. The van der Waals surface area contributed by atoms with Gasteiger partial charge in [-0.3, -0.25) is 9.69 Å². The fraction of sp³-hybridized carbons (Fsp3) is 0.400. The Kier molecular flexibility index (Phi) is 6.38. The minimum Gasteiger partial charge on any atom is -0.497 e. The Hall–Kier alpha value is -2.79. The number of nitrogens with one attached hydrogen (secondary N) is 1. The van der Waals surface area contributed by atoms with Gasteiger partial charge in [0.05, 0.1) is 13.5 Å². The average molecular weight is 406 g/mol. The summed E-state index contributed by atoms with van der Waals surface area (Å²) >= 11 is 0. The van der Waals surface area contributed by atoms with Crippen molar-refractivity contribution in [2.45, 2.75) is 25.8 Å². The third kappa shape index (κ3) is 4.85. The zero-order valence-corrected chi connectivity index (χ0v) is 17.9. The minimum absolute atomic E-state index is 0.118. The highest BCUT2D eigenvalue weighted by Crippen LogP contribution is 2.22. The number of nitrogens with zero attached hydrogens (tertiary/aromatic N) is 2. The summed E-state index contributed by atoms with van der Waals surface area (Å²) in [5.41, 5.74) is 3.59. The van der Waals surface area contributed by atoms with Gasteiger partial charge in [0, 0.05) is 37.2 Å². The maximum absolute atomic E-state index is 12.5. The molecule has 4 rings (SSSR count). The van der Waals surface area contributed by atoms with E-state index in [1.807, 2.05) is 31.3 Å². The van der Waals surface area contributed by atoms with Crippen molar-refractivity contribution in [1.29, 1.82) is 0 Å². The number of benzene rings is 2. The molecule has 3 aromatic rings. The molecular weight excluding hydrogens is 374 g/mol. The van der Waals surface area contributed by atoms with Gasteiger partial charge in [0.2, 0.25) is 5.91 Å². The van der Waals surface area contributed by atoms with E-state index in [0.717, 1.165) is 50.3 Å². The molecule has 0 bridgehead atoms. The zero-order chi connectivity index (χ0) is 20.9. The van der Waals surface area contributed by atoms with Crippen molar-refractivity contribution in [1.82, 2.24) is 14.8 Å². The number of piperidine rings is 1. The summed E-state index contributed by atoms with van der Waals surface area (Å²) in [6.07, 6.45) is 4.77. The Morgan fingerprint density at radius 1 is 1.10 bits per heavy atom. The quantitative estimate of drug-likeness (QED) is 0.651. The molecule has 1 N–H and O–H groups in total. The molecule has 1 aliphatic rings. The number of hydrogen-bond donors (Lipinski definition) is 1. The van der Waals surface area contributed by atoms with Gasteiger partial charge in [0.1, 0.15) is 5.75 Å². The highest BCUT2D eigenvalue weighted by atomic mass is 16.5. The largest absolute Gasteiger partial charge is 0.497 e. The summed E-state index contributed by atoms with van der Waals surface area (Å²) in [6.45, 7) is 3.91. The molecule has 1 amide bonds. The third-order valence-corrected chi connectivity index (χ3v) is 6.19. The monoisotopic (exact) mass is 405 g/mol. The van der Waals surface area contributed by atoms with E-state index in [9.17, 15) is 4.79 Å². The fourth-order valence-corrected chi connectivity index (χ4v) is 4.40. The normalized spacial score (nSPS) is 15.4. The number of likely N-dealkylation sites (tertiary alicyclic amines) is 1. The van der Waals surface area contributed by atoms with Crippen LogP contribution in [0.5, 0.6) is 5.75 Å². The number of aromatic nitrogens is 1. The molecule has 0 aliphatic carbocycles. The standard InChI is InChI=1S/C25H31N3O2/c1-27-18-21(23-5-3-4-6-24(23)27)15-25(29)26-16-19-11-13-28(14-12-19)17-20-7-9-22(30-2)10-8-20/h3-10,18-19H,11-17H2,1-2H3,(H,26,29). The molecule has 1 aromatic heterocycles. The van der Waals surface area contributed by atoms with Crippen LogP contribution in [0, 0.1) is 5.92 Å². The van der Waals surface area contributed by atoms with Crippen molar-refractivity contribution in [3.05, 3.63) is 65.9 Å². The number of methoxy groups -OCH3 is 1. The molecule has 1 aliphatic heterocycles. The van der Waals surface area contributed by atoms with Crippen LogP contribution in [0.4, 0.5) is 0 Å². The number of aryl methyl sites for hydroxylation is 1. The predicted octanol–water partition coefficient (Wildman–Crippen LogP) is 3.76. The van der Waals surface area contributed by atoms with Gasteiger partial charge in [-0.25, -0.2) is 0 Å². The molecule has 2 aromatic carbocycles. The van der Waals surface area contributed by atoms with Crippen LogP contribution < -0.4 is 10.1 Å². The van der Waals surface area contributed by atoms with E-state index in [-0.39, 0.29) is 5.91 Å².